The van der Waals surface area contributed by atoms with E-state index in [9.17, 15) is 17.6 Å². The summed E-state index contributed by atoms with van der Waals surface area (Å²) in [6.07, 6.45) is 2.64. The molecule has 2 unspecified atom stereocenters. The van der Waals surface area contributed by atoms with Gasteiger partial charge in [-0.3, -0.25) is 0 Å². The molecule has 2 atom stereocenters. The Morgan fingerprint density at radius 3 is 2.18 bits per heavy atom. The molecule has 2 fully saturated rings. The SMILES string of the molecule is CCCC1CCC(C2CCC(/C(F)=C/C(F)(F)F)OC2)CC1. The van der Waals surface area contributed by atoms with E-state index in [-0.39, 0.29) is 6.08 Å². The van der Waals surface area contributed by atoms with Crippen LogP contribution in [0, 0.1) is 17.8 Å². The molecule has 0 spiro atoms. The summed E-state index contributed by atoms with van der Waals surface area (Å²) in [6.45, 7) is 2.61. The van der Waals surface area contributed by atoms with E-state index in [4.69, 9.17) is 4.74 Å². The first-order chi connectivity index (χ1) is 10.4. The van der Waals surface area contributed by atoms with Gasteiger partial charge >= 0.3 is 6.18 Å². The first-order valence-corrected chi connectivity index (χ1v) is 8.45. The second-order valence-corrected chi connectivity index (χ2v) is 6.80. The molecular weight excluding hydrogens is 296 g/mol. The summed E-state index contributed by atoms with van der Waals surface area (Å²) in [5, 5.41) is 0. The monoisotopic (exact) mass is 322 g/mol. The normalized spacial score (nSPS) is 34.7. The lowest BCUT2D eigenvalue weighted by molar-refractivity contribution is -0.0855. The lowest BCUT2D eigenvalue weighted by Crippen LogP contribution is -2.33. The Bertz CT molecular complexity index is 361. The van der Waals surface area contributed by atoms with Gasteiger partial charge in [0.25, 0.3) is 0 Å². The van der Waals surface area contributed by atoms with E-state index < -0.39 is 18.1 Å². The fraction of sp³-hybridized carbons (Fsp3) is 0.882. The maximum atomic E-state index is 13.5. The van der Waals surface area contributed by atoms with E-state index >= 15 is 0 Å². The van der Waals surface area contributed by atoms with Crippen LogP contribution < -0.4 is 0 Å². The van der Waals surface area contributed by atoms with Gasteiger partial charge in [-0.25, -0.2) is 4.39 Å². The third-order valence-electron chi connectivity index (χ3n) is 5.18. The minimum absolute atomic E-state index is 0.270. The van der Waals surface area contributed by atoms with Gasteiger partial charge in [-0.15, -0.1) is 0 Å². The molecule has 0 aromatic heterocycles. The van der Waals surface area contributed by atoms with Crippen LogP contribution in [0.2, 0.25) is 0 Å². The molecular formula is C17H26F4O. The van der Waals surface area contributed by atoms with E-state index in [1.165, 1.54) is 38.5 Å². The zero-order chi connectivity index (χ0) is 16.2. The maximum Gasteiger partial charge on any atom is 0.412 e. The van der Waals surface area contributed by atoms with Crippen LogP contribution in [0.1, 0.15) is 58.3 Å². The molecule has 0 amide bonds. The Hall–Kier alpha value is -0.580. The summed E-state index contributed by atoms with van der Waals surface area (Å²) in [7, 11) is 0. The van der Waals surface area contributed by atoms with Crippen molar-refractivity contribution in [1.29, 1.82) is 0 Å². The van der Waals surface area contributed by atoms with Crippen LogP contribution in [0.15, 0.2) is 11.9 Å². The van der Waals surface area contributed by atoms with Gasteiger partial charge in [0, 0.05) is 0 Å². The Labute approximate surface area is 130 Å². The van der Waals surface area contributed by atoms with E-state index in [1.807, 2.05) is 0 Å². The zero-order valence-electron chi connectivity index (χ0n) is 13.2. The smallest absolute Gasteiger partial charge is 0.371 e. The predicted molar refractivity (Wildman–Crippen MR) is 78.1 cm³/mol. The lowest BCUT2D eigenvalue weighted by atomic mass is 9.73. The molecule has 2 aliphatic rings. The van der Waals surface area contributed by atoms with Gasteiger partial charge in [0.15, 0.2) is 0 Å². The topological polar surface area (TPSA) is 9.23 Å². The summed E-state index contributed by atoms with van der Waals surface area (Å²) < 4.78 is 55.4. The van der Waals surface area contributed by atoms with Crippen LogP contribution in [0.25, 0.3) is 0 Å². The summed E-state index contributed by atoms with van der Waals surface area (Å²) in [5.74, 6) is 0.643. The van der Waals surface area contributed by atoms with Crippen LogP contribution in [0.5, 0.6) is 0 Å². The van der Waals surface area contributed by atoms with Crippen molar-refractivity contribution in [3.63, 3.8) is 0 Å². The minimum atomic E-state index is -4.61. The van der Waals surface area contributed by atoms with Gasteiger partial charge in [-0.05, 0) is 43.4 Å². The van der Waals surface area contributed by atoms with Gasteiger partial charge in [0.2, 0.25) is 0 Å². The van der Waals surface area contributed by atoms with Crippen molar-refractivity contribution in [2.75, 3.05) is 6.61 Å². The average Bonchev–Trinajstić information content (AvgIpc) is 2.47. The number of rotatable bonds is 4. The van der Waals surface area contributed by atoms with Gasteiger partial charge in [0.05, 0.1) is 12.7 Å². The molecule has 0 aromatic rings. The van der Waals surface area contributed by atoms with Crippen molar-refractivity contribution in [3.05, 3.63) is 11.9 Å². The van der Waals surface area contributed by atoms with Crippen molar-refractivity contribution in [2.45, 2.75) is 70.6 Å². The highest BCUT2D eigenvalue weighted by atomic mass is 19.4. The standard InChI is InChI=1S/C17H26F4O/c1-2-3-12-4-6-13(7-5-12)14-8-9-16(22-11-14)15(18)10-17(19,20)21/h10,12-14,16H,2-9,11H2,1H3/b15-10-. The van der Waals surface area contributed by atoms with Crippen molar-refractivity contribution < 1.29 is 22.3 Å². The molecule has 1 nitrogen and oxygen atoms in total. The quantitative estimate of drug-likeness (QED) is 0.594. The highest BCUT2D eigenvalue weighted by Crippen LogP contribution is 2.39. The van der Waals surface area contributed by atoms with Gasteiger partial charge in [0.1, 0.15) is 11.9 Å². The molecule has 1 saturated heterocycles. The zero-order valence-corrected chi connectivity index (χ0v) is 13.2. The number of halogens is 4. The molecule has 0 radical (unpaired) electrons. The molecule has 128 valence electrons. The third-order valence-corrected chi connectivity index (χ3v) is 5.18. The Morgan fingerprint density at radius 2 is 1.68 bits per heavy atom. The number of ether oxygens (including phenoxy) is 1. The van der Waals surface area contributed by atoms with Crippen molar-refractivity contribution in [3.8, 4) is 0 Å². The fourth-order valence-corrected chi connectivity index (χ4v) is 3.97. The summed E-state index contributed by atoms with van der Waals surface area (Å²) in [5.41, 5.74) is 0. The van der Waals surface area contributed by atoms with Crippen molar-refractivity contribution in [2.24, 2.45) is 17.8 Å². The molecule has 0 N–H and O–H groups in total. The van der Waals surface area contributed by atoms with E-state index in [2.05, 4.69) is 6.92 Å². The molecule has 2 rings (SSSR count). The van der Waals surface area contributed by atoms with Crippen LogP contribution in [0.4, 0.5) is 17.6 Å². The van der Waals surface area contributed by atoms with Gasteiger partial charge in [-0.2, -0.15) is 13.2 Å². The molecule has 22 heavy (non-hydrogen) atoms. The number of allylic oxidation sites excluding steroid dienone is 1. The molecule has 1 aliphatic heterocycles. The van der Waals surface area contributed by atoms with Crippen LogP contribution in [0.3, 0.4) is 0 Å². The van der Waals surface area contributed by atoms with E-state index in [0.29, 0.717) is 24.9 Å². The second-order valence-electron chi connectivity index (χ2n) is 6.80. The summed E-state index contributed by atoms with van der Waals surface area (Å²) >= 11 is 0. The Balaban J connectivity index is 1.77. The predicted octanol–water partition coefficient (Wildman–Crippen LogP) is 5.80. The van der Waals surface area contributed by atoms with Crippen molar-refractivity contribution in [1.82, 2.24) is 0 Å². The second kappa shape index (κ2) is 7.80. The molecule has 0 bridgehead atoms. The molecule has 0 aromatic carbocycles. The maximum absolute atomic E-state index is 13.5. The first kappa shape index (κ1) is 17.8. The summed E-state index contributed by atoms with van der Waals surface area (Å²) in [6, 6.07) is 0. The fourth-order valence-electron chi connectivity index (χ4n) is 3.97. The largest absolute Gasteiger partial charge is 0.412 e. The number of alkyl halides is 3. The highest BCUT2D eigenvalue weighted by Gasteiger charge is 2.34. The molecule has 1 heterocycles. The van der Waals surface area contributed by atoms with Crippen LogP contribution in [-0.2, 0) is 4.74 Å². The lowest BCUT2D eigenvalue weighted by Gasteiger charge is -2.37. The van der Waals surface area contributed by atoms with Crippen LogP contribution in [-0.4, -0.2) is 18.9 Å². The van der Waals surface area contributed by atoms with E-state index in [0.717, 1.165) is 12.3 Å². The Kier molecular flexibility index (Phi) is 6.30. The third kappa shape index (κ3) is 5.25. The minimum Gasteiger partial charge on any atom is -0.371 e. The van der Waals surface area contributed by atoms with Crippen molar-refractivity contribution >= 4 is 0 Å². The molecule has 5 heteroatoms. The van der Waals surface area contributed by atoms with E-state index in [1.54, 1.807) is 0 Å². The molecule has 1 saturated carbocycles. The van der Waals surface area contributed by atoms with Gasteiger partial charge in [-0.1, -0.05) is 32.6 Å². The van der Waals surface area contributed by atoms with Gasteiger partial charge < -0.3 is 4.74 Å². The van der Waals surface area contributed by atoms with Crippen LogP contribution >= 0.6 is 0 Å². The summed E-state index contributed by atoms with van der Waals surface area (Å²) in [4.78, 5) is 0. The Morgan fingerprint density at radius 1 is 1.05 bits per heavy atom. The number of hydrogen-bond donors (Lipinski definition) is 0. The average molecular weight is 322 g/mol. The number of hydrogen-bond acceptors (Lipinski definition) is 1. The first-order valence-electron chi connectivity index (χ1n) is 8.45. The highest BCUT2D eigenvalue weighted by molar-refractivity contribution is 5.04. The molecule has 1 aliphatic carbocycles.